The molecule has 0 saturated carbocycles. The number of nitrogens with one attached hydrogen (secondary N) is 1. The van der Waals surface area contributed by atoms with Crippen molar-refractivity contribution in [3.63, 3.8) is 0 Å². The fourth-order valence-electron chi connectivity index (χ4n) is 1.74. The number of hydrogen-bond acceptors (Lipinski definition) is 4. The molecule has 18 heavy (non-hydrogen) atoms. The van der Waals surface area contributed by atoms with Gasteiger partial charge in [0, 0.05) is 16.6 Å². The zero-order valence-corrected chi connectivity index (χ0v) is 11.0. The molecule has 0 unspecified atom stereocenters. The van der Waals surface area contributed by atoms with Gasteiger partial charge in [0.05, 0.1) is 11.9 Å². The number of hydrogen-bond donors (Lipinski definition) is 1. The molecule has 0 aliphatic carbocycles. The van der Waals surface area contributed by atoms with Crippen LogP contribution in [-0.2, 0) is 4.74 Å². The van der Waals surface area contributed by atoms with Gasteiger partial charge in [-0.25, -0.2) is 4.79 Å². The van der Waals surface area contributed by atoms with Crippen LogP contribution in [0.1, 0.15) is 23.0 Å². The molecule has 0 spiro atoms. The number of esters is 1. The van der Waals surface area contributed by atoms with Crippen LogP contribution in [-0.4, -0.2) is 12.5 Å². The molecule has 0 aliphatic rings. The van der Waals surface area contributed by atoms with Gasteiger partial charge in [-0.1, -0.05) is 31.7 Å². The number of ether oxygens (including phenoxy) is 1. The molecule has 2 aromatic rings. The first kappa shape index (κ1) is 12.6. The predicted octanol–water partition coefficient (Wildman–Crippen LogP) is 4.02. The van der Waals surface area contributed by atoms with E-state index in [-0.39, 0.29) is 5.97 Å². The van der Waals surface area contributed by atoms with E-state index in [1.54, 1.807) is 0 Å². The van der Waals surface area contributed by atoms with Crippen LogP contribution in [0, 0.1) is 0 Å². The number of thiophene rings is 1. The third-order valence-electron chi connectivity index (χ3n) is 2.52. The number of fused-ring (bicyclic) bond motifs is 1. The molecule has 2 rings (SSSR count). The minimum absolute atomic E-state index is 0.357. The van der Waals surface area contributed by atoms with Crippen molar-refractivity contribution < 1.29 is 9.53 Å². The second-order valence-electron chi connectivity index (χ2n) is 3.80. The van der Waals surface area contributed by atoms with E-state index in [1.807, 2.05) is 24.3 Å². The molecule has 4 heteroatoms. The lowest BCUT2D eigenvalue weighted by Gasteiger charge is -2.05. The molecule has 94 valence electrons. The zero-order chi connectivity index (χ0) is 13.0. The van der Waals surface area contributed by atoms with Crippen LogP contribution in [0.4, 0.5) is 5.69 Å². The van der Waals surface area contributed by atoms with Crippen LogP contribution >= 0.6 is 11.3 Å². The van der Waals surface area contributed by atoms with Crippen molar-refractivity contribution in [1.82, 2.24) is 0 Å². The van der Waals surface area contributed by atoms with Gasteiger partial charge in [-0.15, -0.1) is 11.3 Å². The van der Waals surface area contributed by atoms with Crippen LogP contribution in [0.3, 0.4) is 0 Å². The highest BCUT2D eigenvalue weighted by molar-refractivity contribution is 7.21. The average molecular weight is 261 g/mol. The predicted molar refractivity (Wildman–Crippen MR) is 76.2 cm³/mol. The molecular formula is C14H15NO2S. The van der Waals surface area contributed by atoms with Gasteiger partial charge in [-0.3, -0.25) is 0 Å². The molecule has 1 aromatic carbocycles. The summed E-state index contributed by atoms with van der Waals surface area (Å²) < 4.78 is 5.95. The van der Waals surface area contributed by atoms with Gasteiger partial charge in [0.25, 0.3) is 0 Å². The third-order valence-corrected chi connectivity index (χ3v) is 3.67. The van der Waals surface area contributed by atoms with Gasteiger partial charge in [-0.2, -0.15) is 0 Å². The Labute approximate surface area is 110 Å². The highest BCUT2D eigenvalue weighted by Gasteiger charge is 2.18. The minimum atomic E-state index is -0.357. The monoisotopic (exact) mass is 261 g/mol. The summed E-state index contributed by atoms with van der Waals surface area (Å²) in [6, 6.07) is 7.94. The molecule has 0 amide bonds. The van der Waals surface area contributed by atoms with Crippen LogP contribution in [0.2, 0.25) is 0 Å². The van der Waals surface area contributed by atoms with Crippen LogP contribution in [0.25, 0.3) is 10.1 Å². The van der Waals surface area contributed by atoms with Gasteiger partial charge in [0.15, 0.2) is 0 Å². The molecule has 0 aliphatic heterocycles. The first-order valence-corrected chi connectivity index (χ1v) is 6.66. The number of carbonyl (C=O) groups excluding carboxylic acids is 1. The minimum Gasteiger partial charge on any atom is -0.431 e. The van der Waals surface area contributed by atoms with E-state index in [4.69, 9.17) is 4.74 Å². The van der Waals surface area contributed by atoms with Gasteiger partial charge < -0.3 is 10.1 Å². The Kier molecular flexibility index (Phi) is 3.99. The third kappa shape index (κ3) is 2.38. The summed E-state index contributed by atoms with van der Waals surface area (Å²) in [7, 11) is 0. The summed E-state index contributed by atoms with van der Waals surface area (Å²) in [6.45, 7) is 6.33. The number of benzene rings is 1. The summed E-state index contributed by atoms with van der Waals surface area (Å²) in [5, 5.41) is 4.36. The van der Waals surface area contributed by atoms with Crippen molar-refractivity contribution >= 4 is 33.1 Å². The van der Waals surface area contributed by atoms with Crippen LogP contribution in [0.15, 0.2) is 37.1 Å². The van der Waals surface area contributed by atoms with Gasteiger partial charge in [0.2, 0.25) is 0 Å². The molecule has 3 nitrogen and oxygen atoms in total. The smallest absolute Gasteiger partial charge is 0.355 e. The first-order chi connectivity index (χ1) is 8.77. The van der Waals surface area contributed by atoms with Crippen molar-refractivity contribution in [2.75, 3.05) is 11.9 Å². The Morgan fingerprint density at radius 1 is 1.50 bits per heavy atom. The van der Waals surface area contributed by atoms with Gasteiger partial charge in [0.1, 0.15) is 4.88 Å². The summed E-state index contributed by atoms with van der Waals surface area (Å²) in [4.78, 5) is 12.5. The Balaban J connectivity index is 2.49. The first-order valence-electron chi connectivity index (χ1n) is 5.85. The van der Waals surface area contributed by atoms with Crippen molar-refractivity contribution in [1.29, 1.82) is 0 Å². The van der Waals surface area contributed by atoms with E-state index >= 15 is 0 Å². The van der Waals surface area contributed by atoms with Crippen LogP contribution < -0.4 is 5.32 Å². The molecule has 0 saturated heterocycles. The Morgan fingerprint density at radius 3 is 3.00 bits per heavy atom. The Hall–Kier alpha value is -1.81. The molecule has 1 heterocycles. The maximum atomic E-state index is 11.9. The second kappa shape index (κ2) is 5.69. The molecule has 0 radical (unpaired) electrons. The summed E-state index contributed by atoms with van der Waals surface area (Å²) in [5.74, 6) is -0.357. The molecular weight excluding hydrogens is 246 g/mol. The maximum absolute atomic E-state index is 11.9. The largest absolute Gasteiger partial charge is 0.431 e. The van der Waals surface area contributed by atoms with Crippen molar-refractivity contribution in [3.05, 3.63) is 42.0 Å². The quantitative estimate of drug-likeness (QED) is 0.652. The standard InChI is InChI=1S/C14H15NO2S/c1-3-9-15-12-10-7-5-6-8-11(10)18-13(12)14(16)17-4-2/h4-8,15H,2-3,9H2,1H3. The lowest BCUT2D eigenvalue weighted by Crippen LogP contribution is -2.05. The van der Waals surface area contributed by atoms with E-state index in [0.29, 0.717) is 4.88 Å². The molecule has 1 aromatic heterocycles. The maximum Gasteiger partial charge on any atom is 0.355 e. The van der Waals surface area contributed by atoms with Gasteiger partial charge in [-0.05, 0) is 12.5 Å². The fourth-order valence-corrected chi connectivity index (χ4v) is 2.81. The van der Waals surface area contributed by atoms with Crippen molar-refractivity contribution in [2.45, 2.75) is 13.3 Å². The van der Waals surface area contributed by atoms with Crippen molar-refractivity contribution in [2.24, 2.45) is 0 Å². The molecule has 0 bridgehead atoms. The SMILES string of the molecule is C=COC(=O)c1sc2ccccc2c1NCCC. The molecule has 0 fully saturated rings. The molecule has 1 N–H and O–H groups in total. The van der Waals surface area contributed by atoms with E-state index < -0.39 is 0 Å². The lowest BCUT2D eigenvalue weighted by atomic mass is 10.2. The number of rotatable bonds is 5. The van der Waals surface area contributed by atoms with E-state index in [2.05, 4.69) is 18.8 Å². The number of carbonyl (C=O) groups is 1. The average Bonchev–Trinajstić information content (AvgIpc) is 2.75. The Morgan fingerprint density at radius 2 is 2.28 bits per heavy atom. The zero-order valence-electron chi connectivity index (χ0n) is 10.2. The summed E-state index contributed by atoms with van der Waals surface area (Å²) in [6.07, 6.45) is 2.16. The van der Waals surface area contributed by atoms with Gasteiger partial charge >= 0.3 is 5.97 Å². The topological polar surface area (TPSA) is 38.3 Å². The van der Waals surface area contributed by atoms with E-state index in [9.17, 15) is 4.79 Å². The van der Waals surface area contributed by atoms with Crippen molar-refractivity contribution in [3.8, 4) is 0 Å². The van der Waals surface area contributed by atoms with E-state index in [0.717, 1.165) is 35.0 Å². The fraction of sp³-hybridized carbons (Fsp3) is 0.214. The second-order valence-corrected chi connectivity index (χ2v) is 4.85. The summed E-state index contributed by atoms with van der Waals surface area (Å²) in [5.41, 5.74) is 0.865. The highest BCUT2D eigenvalue weighted by atomic mass is 32.1. The lowest BCUT2D eigenvalue weighted by molar-refractivity contribution is 0.0670. The van der Waals surface area contributed by atoms with E-state index in [1.165, 1.54) is 11.3 Å². The highest BCUT2D eigenvalue weighted by Crippen LogP contribution is 2.36. The summed E-state index contributed by atoms with van der Waals surface area (Å²) >= 11 is 1.44. The molecule has 0 atom stereocenters. The Bertz CT molecular complexity index is 574. The van der Waals surface area contributed by atoms with Crippen LogP contribution in [0.5, 0.6) is 0 Å². The number of anilines is 1. The normalized spacial score (nSPS) is 10.3.